The highest BCUT2D eigenvalue weighted by molar-refractivity contribution is 7.90. The molecule has 0 spiro atoms. The summed E-state index contributed by atoms with van der Waals surface area (Å²) in [4.78, 5) is 12.3. The van der Waals surface area contributed by atoms with E-state index in [9.17, 15) is 13.2 Å². The molecule has 0 unspecified atom stereocenters. The lowest BCUT2D eigenvalue weighted by Gasteiger charge is -2.27. The quantitative estimate of drug-likeness (QED) is 0.727. The van der Waals surface area contributed by atoms with E-state index in [0.29, 0.717) is 18.7 Å². The standard InChI is InChI=1S/C13H24N4O3S.ClH/c1-4-13(5-2,10-14)12(18)15-11-6-7-17(16-11)8-9-21(3,19)20;/h6-7H,4-5,8-10,14H2,1-3H3,(H,15,16,18);1H. The van der Waals surface area contributed by atoms with E-state index >= 15 is 0 Å². The number of aryl methyl sites for hydroxylation is 1. The van der Waals surface area contributed by atoms with Crippen LogP contribution in [0.25, 0.3) is 0 Å². The smallest absolute Gasteiger partial charge is 0.233 e. The first-order valence-corrected chi connectivity index (χ1v) is 9.05. The number of rotatable bonds is 8. The number of nitrogens with two attached hydrogens (primary N) is 1. The molecule has 1 rings (SSSR count). The Morgan fingerprint density at radius 1 is 1.41 bits per heavy atom. The maximum atomic E-state index is 12.3. The van der Waals surface area contributed by atoms with Gasteiger partial charge in [0, 0.05) is 25.1 Å². The summed E-state index contributed by atoms with van der Waals surface area (Å²) in [5, 5.41) is 6.90. The van der Waals surface area contributed by atoms with Gasteiger partial charge in [0.2, 0.25) is 5.91 Å². The zero-order valence-electron chi connectivity index (χ0n) is 13.2. The molecule has 1 aromatic heterocycles. The second kappa shape index (κ2) is 8.50. The molecule has 0 aromatic carbocycles. The molecule has 0 saturated carbocycles. The number of sulfone groups is 1. The molecule has 0 aliphatic carbocycles. The van der Waals surface area contributed by atoms with Crippen LogP contribution in [0.2, 0.25) is 0 Å². The summed E-state index contributed by atoms with van der Waals surface area (Å²) in [6, 6.07) is 1.65. The molecule has 1 aromatic rings. The first-order chi connectivity index (χ1) is 9.76. The molecule has 0 radical (unpaired) electrons. The number of anilines is 1. The van der Waals surface area contributed by atoms with Crippen molar-refractivity contribution in [3.63, 3.8) is 0 Å². The van der Waals surface area contributed by atoms with Crippen LogP contribution in [0.15, 0.2) is 12.3 Å². The Balaban J connectivity index is 0.00000441. The van der Waals surface area contributed by atoms with Gasteiger partial charge in [-0.3, -0.25) is 9.48 Å². The predicted octanol–water partition coefficient (Wildman–Crippen LogP) is 1.05. The van der Waals surface area contributed by atoms with Gasteiger partial charge in [-0.05, 0) is 12.8 Å². The predicted molar refractivity (Wildman–Crippen MR) is 89.9 cm³/mol. The number of carbonyl (C=O) groups excluding carboxylic acids is 1. The molecule has 7 nitrogen and oxygen atoms in total. The molecule has 9 heteroatoms. The molecule has 1 heterocycles. The summed E-state index contributed by atoms with van der Waals surface area (Å²) < 4.78 is 23.7. The number of halogens is 1. The highest BCUT2D eigenvalue weighted by atomic mass is 35.5. The second-order valence-corrected chi connectivity index (χ2v) is 7.50. The van der Waals surface area contributed by atoms with Gasteiger partial charge >= 0.3 is 0 Å². The molecule has 3 N–H and O–H groups in total. The molecule has 0 aliphatic heterocycles. The average Bonchev–Trinajstić information content (AvgIpc) is 2.86. The fraction of sp³-hybridized carbons (Fsp3) is 0.692. The Morgan fingerprint density at radius 3 is 2.45 bits per heavy atom. The Labute approximate surface area is 138 Å². The summed E-state index contributed by atoms with van der Waals surface area (Å²) in [7, 11) is -3.04. The van der Waals surface area contributed by atoms with Gasteiger partial charge in [0.05, 0.1) is 17.7 Å². The molecule has 0 bridgehead atoms. The third-order valence-electron chi connectivity index (χ3n) is 3.80. The van der Waals surface area contributed by atoms with Gasteiger partial charge in [-0.15, -0.1) is 12.4 Å². The van der Waals surface area contributed by atoms with Crippen LogP contribution in [0.5, 0.6) is 0 Å². The molecule has 0 fully saturated rings. The van der Waals surface area contributed by atoms with Gasteiger partial charge in [-0.2, -0.15) is 5.10 Å². The van der Waals surface area contributed by atoms with Crippen LogP contribution in [-0.4, -0.2) is 42.7 Å². The molecule has 0 aliphatic rings. The van der Waals surface area contributed by atoms with Crippen LogP contribution in [0.1, 0.15) is 26.7 Å². The highest BCUT2D eigenvalue weighted by Gasteiger charge is 2.33. The summed E-state index contributed by atoms with van der Waals surface area (Å²) >= 11 is 0. The second-order valence-electron chi connectivity index (χ2n) is 5.24. The topological polar surface area (TPSA) is 107 Å². The zero-order chi connectivity index (χ0) is 16.1. The summed E-state index contributed by atoms with van der Waals surface area (Å²) in [6.07, 6.45) is 4.13. The van der Waals surface area contributed by atoms with E-state index in [0.717, 1.165) is 0 Å². The monoisotopic (exact) mass is 352 g/mol. The van der Waals surface area contributed by atoms with Gasteiger partial charge in [0.1, 0.15) is 9.84 Å². The number of aromatic nitrogens is 2. The van der Waals surface area contributed by atoms with Crippen LogP contribution in [0, 0.1) is 5.41 Å². The minimum absolute atomic E-state index is 0. The van der Waals surface area contributed by atoms with Crippen molar-refractivity contribution in [3.8, 4) is 0 Å². The lowest BCUT2D eigenvalue weighted by atomic mass is 9.81. The van der Waals surface area contributed by atoms with Crippen molar-refractivity contribution in [2.45, 2.75) is 33.2 Å². The van der Waals surface area contributed by atoms with E-state index in [1.54, 1.807) is 12.3 Å². The molecular weight excluding hydrogens is 328 g/mol. The first-order valence-electron chi connectivity index (χ1n) is 6.99. The first kappa shape index (κ1) is 20.9. The summed E-state index contributed by atoms with van der Waals surface area (Å²) in [5.74, 6) is 0.273. The molecule has 128 valence electrons. The van der Waals surface area contributed by atoms with Crippen molar-refractivity contribution in [1.82, 2.24) is 9.78 Å². The minimum atomic E-state index is -3.04. The number of carbonyl (C=O) groups is 1. The van der Waals surface area contributed by atoms with Crippen LogP contribution in [-0.2, 0) is 21.2 Å². The fourth-order valence-electron chi connectivity index (χ4n) is 2.01. The van der Waals surface area contributed by atoms with Crippen molar-refractivity contribution in [2.75, 3.05) is 23.9 Å². The molecule has 22 heavy (non-hydrogen) atoms. The number of hydrogen-bond donors (Lipinski definition) is 2. The van der Waals surface area contributed by atoms with Gasteiger partial charge in [-0.25, -0.2) is 8.42 Å². The molecule has 1 amide bonds. The van der Waals surface area contributed by atoms with E-state index < -0.39 is 15.3 Å². The number of amides is 1. The van der Waals surface area contributed by atoms with Gasteiger partial charge in [0.15, 0.2) is 5.82 Å². The SMILES string of the molecule is CCC(CC)(CN)C(=O)Nc1ccn(CCS(C)(=O)=O)n1.Cl. The van der Waals surface area contributed by atoms with Crippen molar-refractivity contribution in [2.24, 2.45) is 11.1 Å². The molecule has 0 atom stereocenters. The van der Waals surface area contributed by atoms with Crippen molar-refractivity contribution in [3.05, 3.63) is 12.3 Å². The van der Waals surface area contributed by atoms with E-state index in [-0.39, 0.29) is 37.2 Å². The Bertz CT molecular complexity index is 574. The summed E-state index contributed by atoms with van der Waals surface area (Å²) in [6.45, 7) is 4.40. The van der Waals surface area contributed by atoms with Gasteiger partial charge < -0.3 is 11.1 Å². The molecular formula is C13H25ClN4O3S. The Morgan fingerprint density at radius 2 is 2.00 bits per heavy atom. The van der Waals surface area contributed by atoms with Crippen LogP contribution in [0.3, 0.4) is 0 Å². The van der Waals surface area contributed by atoms with E-state index in [1.807, 2.05) is 13.8 Å². The molecule has 0 saturated heterocycles. The summed E-state index contributed by atoms with van der Waals surface area (Å²) in [5.41, 5.74) is 5.14. The van der Waals surface area contributed by atoms with Gasteiger partial charge in [-0.1, -0.05) is 13.8 Å². The van der Waals surface area contributed by atoms with Crippen molar-refractivity contribution >= 4 is 34.0 Å². The largest absolute Gasteiger partial charge is 0.329 e. The third kappa shape index (κ3) is 5.58. The van der Waals surface area contributed by atoms with E-state index in [4.69, 9.17) is 5.73 Å². The maximum Gasteiger partial charge on any atom is 0.233 e. The fourth-order valence-corrected chi connectivity index (χ4v) is 2.53. The van der Waals surface area contributed by atoms with Gasteiger partial charge in [0.25, 0.3) is 0 Å². The lowest BCUT2D eigenvalue weighted by molar-refractivity contribution is -0.125. The number of nitrogens with zero attached hydrogens (tertiary/aromatic N) is 2. The van der Waals surface area contributed by atoms with Crippen LogP contribution in [0.4, 0.5) is 5.82 Å². The average molecular weight is 353 g/mol. The normalized spacial score (nSPS) is 11.8. The van der Waals surface area contributed by atoms with Crippen LogP contribution >= 0.6 is 12.4 Å². The minimum Gasteiger partial charge on any atom is -0.329 e. The maximum absolute atomic E-state index is 12.3. The Hall–Kier alpha value is -1.12. The van der Waals surface area contributed by atoms with E-state index in [2.05, 4.69) is 10.4 Å². The van der Waals surface area contributed by atoms with Crippen molar-refractivity contribution < 1.29 is 13.2 Å². The van der Waals surface area contributed by atoms with Crippen molar-refractivity contribution in [1.29, 1.82) is 0 Å². The highest BCUT2D eigenvalue weighted by Crippen LogP contribution is 2.26. The third-order valence-corrected chi connectivity index (χ3v) is 4.72. The van der Waals surface area contributed by atoms with E-state index in [1.165, 1.54) is 10.9 Å². The number of hydrogen-bond acceptors (Lipinski definition) is 5. The lowest BCUT2D eigenvalue weighted by Crippen LogP contribution is -2.41. The zero-order valence-corrected chi connectivity index (χ0v) is 14.8. The van der Waals surface area contributed by atoms with Crippen LogP contribution < -0.4 is 11.1 Å². The Kier molecular flexibility index (Phi) is 8.06. The number of nitrogens with one attached hydrogen (secondary N) is 1.